The van der Waals surface area contributed by atoms with Gasteiger partial charge in [0.15, 0.2) is 0 Å². The first-order valence-corrected chi connectivity index (χ1v) is 7.63. The van der Waals surface area contributed by atoms with Crippen molar-refractivity contribution in [1.82, 2.24) is 5.32 Å². The third kappa shape index (κ3) is 3.87. The average Bonchev–Trinajstić information content (AvgIpc) is 2.37. The standard InChI is InChI=1S/C16H25ClN2O/c1-12-11-20-9-8-19(12)15-13(6-5-7-14(15)17)10-18-16(2,3)4/h5-7,12,18H,8-11H2,1-4H3. The van der Waals surface area contributed by atoms with Crippen molar-refractivity contribution in [3.63, 3.8) is 0 Å². The molecule has 3 nitrogen and oxygen atoms in total. The van der Waals surface area contributed by atoms with Crippen molar-refractivity contribution >= 4 is 17.3 Å². The number of para-hydroxylation sites is 1. The van der Waals surface area contributed by atoms with Crippen LogP contribution in [0.2, 0.25) is 5.02 Å². The molecule has 1 aromatic rings. The van der Waals surface area contributed by atoms with Gasteiger partial charge in [-0.15, -0.1) is 0 Å². The number of anilines is 1. The van der Waals surface area contributed by atoms with Gasteiger partial charge < -0.3 is 15.0 Å². The highest BCUT2D eigenvalue weighted by atomic mass is 35.5. The highest BCUT2D eigenvalue weighted by Crippen LogP contribution is 2.32. The summed E-state index contributed by atoms with van der Waals surface area (Å²) >= 11 is 6.47. The summed E-state index contributed by atoms with van der Waals surface area (Å²) in [6, 6.07) is 6.51. The summed E-state index contributed by atoms with van der Waals surface area (Å²) < 4.78 is 5.53. The molecule has 1 fully saturated rings. The van der Waals surface area contributed by atoms with Crippen LogP contribution in [0.3, 0.4) is 0 Å². The van der Waals surface area contributed by atoms with Gasteiger partial charge in [0, 0.05) is 24.7 Å². The van der Waals surface area contributed by atoms with Crippen molar-refractivity contribution in [2.24, 2.45) is 0 Å². The van der Waals surface area contributed by atoms with Gasteiger partial charge in [0.2, 0.25) is 0 Å². The van der Waals surface area contributed by atoms with Crippen LogP contribution in [0, 0.1) is 0 Å². The summed E-state index contributed by atoms with van der Waals surface area (Å²) in [7, 11) is 0. The van der Waals surface area contributed by atoms with E-state index in [1.54, 1.807) is 0 Å². The first-order valence-electron chi connectivity index (χ1n) is 7.25. The first-order chi connectivity index (χ1) is 9.38. The van der Waals surface area contributed by atoms with Gasteiger partial charge in [0.1, 0.15) is 0 Å². The molecule has 0 spiro atoms. The van der Waals surface area contributed by atoms with Crippen LogP contribution in [-0.4, -0.2) is 31.3 Å². The Balaban J connectivity index is 2.26. The van der Waals surface area contributed by atoms with E-state index in [2.05, 4.69) is 44.0 Å². The van der Waals surface area contributed by atoms with E-state index < -0.39 is 0 Å². The molecule has 112 valence electrons. The molecule has 1 aromatic carbocycles. The summed E-state index contributed by atoms with van der Waals surface area (Å²) in [6.07, 6.45) is 0. The molecule has 2 rings (SSSR count). The fraction of sp³-hybridized carbons (Fsp3) is 0.625. The molecule has 1 unspecified atom stereocenters. The van der Waals surface area contributed by atoms with Crippen LogP contribution in [0.25, 0.3) is 0 Å². The van der Waals surface area contributed by atoms with E-state index in [0.29, 0.717) is 6.04 Å². The molecule has 1 aliphatic rings. The lowest BCUT2D eigenvalue weighted by Gasteiger charge is -2.37. The zero-order chi connectivity index (χ0) is 14.8. The van der Waals surface area contributed by atoms with Crippen LogP contribution in [-0.2, 0) is 11.3 Å². The van der Waals surface area contributed by atoms with E-state index in [-0.39, 0.29) is 5.54 Å². The molecule has 0 aliphatic carbocycles. The molecule has 1 aliphatic heterocycles. The Bertz CT molecular complexity index is 456. The zero-order valence-electron chi connectivity index (χ0n) is 12.9. The average molecular weight is 297 g/mol. The predicted molar refractivity (Wildman–Crippen MR) is 85.7 cm³/mol. The number of hydrogen-bond donors (Lipinski definition) is 1. The summed E-state index contributed by atoms with van der Waals surface area (Å²) in [5.74, 6) is 0. The van der Waals surface area contributed by atoms with E-state index in [9.17, 15) is 0 Å². The Kier molecular flexibility index (Phi) is 4.95. The molecule has 0 radical (unpaired) electrons. The maximum Gasteiger partial charge on any atom is 0.0668 e. The maximum absolute atomic E-state index is 6.47. The van der Waals surface area contributed by atoms with Gasteiger partial charge in [0.05, 0.1) is 23.9 Å². The van der Waals surface area contributed by atoms with Crippen molar-refractivity contribution in [1.29, 1.82) is 0 Å². The van der Waals surface area contributed by atoms with E-state index >= 15 is 0 Å². The molecule has 4 heteroatoms. The van der Waals surface area contributed by atoms with Gasteiger partial charge in [-0.1, -0.05) is 23.7 Å². The molecular weight excluding hydrogens is 272 g/mol. The molecule has 1 atom stereocenters. The Morgan fingerprint density at radius 1 is 1.40 bits per heavy atom. The second-order valence-electron chi connectivity index (χ2n) is 6.47. The first kappa shape index (κ1) is 15.6. The van der Waals surface area contributed by atoms with Crippen LogP contribution in [0.4, 0.5) is 5.69 Å². The van der Waals surface area contributed by atoms with Crippen molar-refractivity contribution in [3.8, 4) is 0 Å². The van der Waals surface area contributed by atoms with Gasteiger partial charge in [0.25, 0.3) is 0 Å². The Labute approximate surface area is 127 Å². The number of rotatable bonds is 3. The highest BCUT2D eigenvalue weighted by Gasteiger charge is 2.23. The Morgan fingerprint density at radius 3 is 2.80 bits per heavy atom. The van der Waals surface area contributed by atoms with Crippen LogP contribution < -0.4 is 10.2 Å². The minimum Gasteiger partial charge on any atom is -0.377 e. The van der Waals surface area contributed by atoms with E-state index in [1.165, 1.54) is 5.56 Å². The largest absolute Gasteiger partial charge is 0.377 e. The molecule has 0 amide bonds. The monoisotopic (exact) mass is 296 g/mol. The SMILES string of the molecule is CC1COCCN1c1c(Cl)cccc1CNC(C)(C)C. The fourth-order valence-electron chi connectivity index (χ4n) is 2.44. The van der Waals surface area contributed by atoms with Crippen molar-refractivity contribution in [3.05, 3.63) is 28.8 Å². The molecule has 0 bridgehead atoms. The molecule has 1 N–H and O–H groups in total. The van der Waals surface area contributed by atoms with Crippen LogP contribution in [0.15, 0.2) is 18.2 Å². The van der Waals surface area contributed by atoms with Crippen molar-refractivity contribution in [2.45, 2.75) is 45.8 Å². The predicted octanol–water partition coefficient (Wildman–Crippen LogP) is 3.45. The second-order valence-corrected chi connectivity index (χ2v) is 6.88. The maximum atomic E-state index is 6.47. The molecule has 0 aromatic heterocycles. The lowest BCUT2D eigenvalue weighted by Crippen LogP contribution is -2.44. The van der Waals surface area contributed by atoms with Crippen molar-refractivity contribution in [2.75, 3.05) is 24.7 Å². The smallest absolute Gasteiger partial charge is 0.0668 e. The number of nitrogens with one attached hydrogen (secondary N) is 1. The topological polar surface area (TPSA) is 24.5 Å². The Morgan fingerprint density at radius 2 is 2.15 bits per heavy atom. The normalized spacial score (nSPS) is 20.2. The molecular formula is C16H25ClN2O. The second kappa shape index (κ2) is 6.33. The molecule has 1 heterocycles. The quantitative estimate of drug-likeness (QED) is 0.924. The fourth-order valence-corrected chi connectivity index (χ4v) is 2.75. The summed E-state index contributed by atoms with van der Waals surface area (Å²) in [6.45, 7) is 12.0. The third-order valence-electron chi connectivity index (χ3n) is 3.53. The third-order valence-corrected chi connectivity index (χ3v) is 3.84. The number of morpholine rings is 1. The Hall–Kier alpha value is -0.770. The van der Waals surface area contributed by atoms with E-state index in [0.717, 1.165) is 37.0 Å². The van der Waals surface area contributed by atoms with Gasteiger partial charge in [-0.25, -0.2) is 0 Å². The number of halogens is 1. The van der Waals surface area contributed by atoms with E-state index in [4.69, 9.17) is 16.3 Å². The van der Waals surface area contributed by atoms with Gasteiger partial charge >= 0.3 is 0 Å². The summed E-state index contributed by atoms with van der Waals surface area (Å²) in [5.41, 5.74) is 2.50. The highest BCUT2D eigenvalue weighted by molar-refractivity contribution is 6.33. The summed E-state index contributed by atoms with van der Waals surface area (Å²) in [4.78, 5) is 2.37. The molecule has 1 saturated heterocycles. The minimum atomic E-state index is 0.0935. The lowest BCUT2D eigenvalue weighted by atomic mass is 10.1. The number of hydrogen-bond acceptors (Lipinski definition) is 3. The van der Waals surface area contributed by atoms with Gasteiger partial charge in [-0.3, -0.25) is 0 Å². The zero-order valence-corrected chi connectivity index (χ0v) is 13.6. The van der Waals surface area contributed by atoms with Crippen molar-refractivity contribution < 1.29 is 4.74 Å². The summed E-state index contributed by atoms with van der Waals surface area (Å²) in [5, 5.41) is 4.37. The van der Waals surface area contributed by atoms with Crippen LogP contribution in [0.1, 0.15) is 33.3 Å². The van der Waals surface area contributed by atoms with Gasteiger partial charge in [-0.2, -0.15) is 0 Å². The minimum absolute atomic E-state index is 0.0935. The number of nitrogens with zero attached hydrogens (tertiary/aromatic N) is 1. The molecule has 20 heavy (non-hydrogen) atoms. The van der Waals surface area contributed by atoms with E-state index in [1.807, 2.05) is 12.1 Å². The number of benzene rings is 1. The van der Waals surface area contributed by atoms with Crippen LogP contribution in [0.5, 0.6) is 0 Å². The number of ether oxygens (including phenoxy) is 1. The van der Waals surface area contributed by atoms with Gasteiger partial charge in [-0.05, 0) is 39.3 Å². The molecule has 0 saturated carbocycles. The van der Waals surface area contributed by atoms with Crippen LogP contribution >= 0.6 is 11.6 Å². The lowest BCUT2D eigenvalue weighted by molar-refractivity contribution is 0.0988.